The molecule has 0 spiro atoms. The van der Waals surface area contributed by atoms with E-state index < -0.39 is 0 Å². The first-order valence-corrected chi connectivity index (χ1v) is 10.5. The molecule has 2 aromatic heterocycles. The summed E-state index contributed by atoms with van der Waals surface area (Å²) in [5.41, 5.74) is 0.262. The minimum Gasteiger partial charge on any atom is -0.336 e. The van der Waals surface area contributed by atoms with Crippen molar-refractivity contribution >= 4 is 27.6 Å². The molecule has 0 radical (unpaired) electrons. The third-order valence-electron chi connectivity index (χ3n) is 6.24. The first kappa shape index (κ1) is 17.0. The van der Waals surface area contributed by atoms with E-state index in [2.05, 4.69) is 5.32 Å². The van der Waals surface area contributed by atoms with E-state index in [1.807, 2.05) is 18.4 Å². The second kappa shape index (κ2) is 5.70. The van der Waals surface area contributed by atoms with Crippen molar-refractivity contribution in [3.63, 3.8) is 0 Å². The summed E-state index contributed by atoms with van der Waals surface area (Å²) in [6, 6.07) is -0.0647. The van der Waals surface area contributed by atoms with Crippen LogP contribution in [0.3, 0.4) is 0 Å². The quantitative estimate of drug-likeness (QED) is 0.851. The molecule has 1 aliphatic heterocycles. The third kappa shape index (κ3) is 2.64. The standard InChI is InChI=1S/C19H24N4O3S/c1-11-13(10-21-8-7-20-17(21)25)27-16-14(11)15(24)23(19(2)5-6-19)18(26)22(16)9-12-3-4-12/h12H,3-10H2,1-2H3,(H,20,25). The van der Waals surface area contributed by atoms with Gasteiger partial charge in [-0.05, 0) is 51.0 Å². The number of amides is 2. The number of aryl methyl sites for hydroxylation is 1. The normalized spacial score (nSPS) is 21.1. The van der Waals surface area contributed by atoms with Crippen molar-refractivity contribution in [2.24, 2.45) is 5.92 Å². The summed E-state index contributed by atoms with van der Waals surface area (Å²) in [4.78, 5) is 42.0. The highest BCUT2D eigenvalue weighted by molar-refractivity contribution is 7.18. The second-order valence-corrected chi connectivity index (χ2v) is 9.54. The molecule has 2 aliphatic carbocycles. The molecule has 3 heterocycles. The predicted octanol–water partition coefficient (Wildman–Crippen LogP) is 1.98. The molecule has 7 nitrogen and oxygen atoms in total. The Hall–Kier alpha value is -2.09. The summed E-state index contributed by atoms with van der Waals surface area (Å²) in [5.74, 6) is 0.541. The van der Waals surface area contributed by atoms with E-state index in [4.69, 9.17) is 0 Å². The number of hydrogen-bond donors (Lipinski definition) is 1. The van der Waals surface area contributed by atoms with Crippen LogP contribution in [0.15, 0.2) is 9.59 Å². The molecule has 1 saturated heterocycles. The molecule has 0 bridgehead atoms. The van der Waals surface area contributed by atoms with Gasteiger partial charge >= 0.3 is 11.7 Å². The van der Waals surface area contributed by atoms with Gasteiger partial charge in [0.25, 0.3) is 5.56 Å². The highest BCUT2D eigenvalue weighted by atomic mass is 32.1. The number of nitrogens with zero attached hydrogens (tertiary/aromatic N) is 3. The van der Waals surface area contributed by atoms with E-state index in [0.29, 0.717) is 37.5 Å². The minimum absolute atomic E-state index is 0.0647. The van der Waals surface area contributed by atoms with E-state index in [9.17, 15) is 14.4 Å². The van der Waals surface area contributed by atoms with Crippen LogP contribution in [0.2, 0.25) is 0 Å². The van der Waals surface area contributed by atoms with Crippen molar-refractivity contribution in [2.45, 2.75) is 58.2 Å². The zero-order valence-electron chi connectivity index (χ0n) is 15.7. The number of carbonyl (C=O) groups is 1. The first-order valence-electron chi connectivity index (χ1n) is 9.70. The van der Waals surface area contributed by atoms with E-state index in [0.717, 1.165) is 41.0 Å². The first-order chi connectivity index (χ1) is 12.9. The molecule has 2 saturated carbocycles. The minimum atomic E-state index is -0.336. The van der Waals surface area contributed by atoms with Gasteiger partial charge in [-0.1, -0.05) is 0 Å². The van der Waals surface area contributed by atoms with Crippen LogP contribution in [0.4, 0.5) is 4.79 Å². The maximum absolute atomic E-state index is 13.3. The molecule has 2 amide bonds. The van der Waals surface area contributed by atoms with Crippen molar-refractivity contribution in [1.29, 1.82) is 0 Å². The average molecular weight is 388 g/mol. The van der Waals surface area contributed by atoms with Crippen molar-refractivity contribution < 1.29 is 4.79 Å². The van der Waals surface area contributed by atoms with Crippen LogP contribution in [0, 0.1) is 12.8 Å². The highest BCUT2D eigenvalue weighted by Crippen LogP contribution is 2.42. The maximum Gasteiger partial charge on any atom is 0.332 e. The third-order valence-corrected chi connectivity index (χ3v) is 7.54. The topological polar surface area (TPSA) is 76.3 Å². The van der Waals surface area contributed by atoms with Gasteiger partial charge in [0, 0.05) is 24.5 Å². The average Bonchev–Trinajstić information content (AvgIpc) is 3.51. The number of hydrogen-bond acceptors (Lipinski definition) is 4. The zero-order valence-corrected chi connectivity index (χ0v) is 16.5. The predicted molar refractivity (Wildman–Crippen MR) is 104 cm³/mol. The summed E-state index contributed by atoms with van der Waals surface area (Å²) < 4.78 is 3.34. The van der Waals surface area contributed by atoms with Crippen molar-refractivity contribution in [2.75, 3.05) is 13.1 Å². The Morgan fingerprint density at radius 3 is 2.56 bits per heavy atom. The number of rotatable bonds is 5. The Kier molecular flexibility index (Phi) is 3.60. The van der Waals surface area contributed by atoms with Crippen molar-refractivity contribution in [1.82, 2.24) is 19.4 Å². The lowest BCUT2D eigenvalue weighted by molar-refractivity contribution is 0.216. The van der Waals surface area contributed by atoms with Crippen LogP contribution >= 0.6 is 11.3 Å². The molecule has 8 heteroatoms. The van der Waals surface area contributed by atoms with E-state index in [-0.39, 0.29) is 22.8 Å². The lowest BCUT2D eigenvalue weighted by atomic mass is 10.2. The fraction of sp³-hybridized carbons (Fsp3) is 0.632. The number of urea groups is 1. The molecule has 5 rings (SSSR count). The Labute approximate surface area is 160 Å². The molecule has 1 N–H and O–H groups in total. The Morgan fingerprint density at radius 2 is 1.96 bits per heavy atom. The number of thiophene rings is 1. The molecule has 0 unspecified atom stereocenters. The van der Waals surface area contributed by atoms with E-state index in [1.54, 1.807) is 4.90 Å². The van der Waals surface area contributed by atoms with Crippen molar-refractivity contribution in [3.8, 4) is 0 Å². The molecule has 3 fully saturated rings. The zero-order chi connectivity index (χ0) is 18.9. The molecular weight excluding hydrogens is 364 g/mol. The van der Waals surface area contributed by atoms with E-state index >= 15 is 0 Å². The molecule has 27 heavy (non-hydrogen) atoms. The van der Waals surface area contributed by atoms with Gasteiger partial charge in [-0.3, -0.25) is 13.9 Å². The van der Waals surface area contributed by atoms with Crippen LogP contribution in [-0.2, 0) is 18.6 Å². The number of aromatic nitrogens is 2. The molecule has 0 atom stereocenters. The Bertz CT molecular complexity index is 1070. The van der Waals surface area contributed by atoms with Crippen LogP contribution in [-0.4, -0.2) is 33.2 Å². The van der Waals surface area contributed by atoms with Gasteiger partial charge in [-0.2, -0.15) is 0 Å². The van der Waals surface area contributed by atoms with Gasteiger partial charge in [0.2, 0.25) is 0 Å². The SMILES string of the molecule is Cc1c(CN2CCNC2=O)sc2c1c(=O)n(C1(C)CC1)c(=O)n2CC1CC1. The van der Waals surface area contributed by atoms with Crippen LogP contribution in [0.5, 0.6) is 0 Å². The Balaban J connectivity index is 1.70. The molecule has 2 aromatic rings. The van der Waals surface area contributed by atoms with Gasteiger partial charge in [-0.25, -0.2) is 9.59 Å². The molecule has 0 aromatic carbocycles. The van der Waals surface area contributed by atoms with Crippen molar-refractivity contribution in [3.05, 3.63) is 31.3 Å². The number of carbonyl (C=O) groups excluding carboxylic acids is 1. The maximum atomic E-state index is 13.3. The van der Waals surface area contributed by atoms with Gasteiger partial charge in [-0.15, -0.1) is 11.3 Å². The fourth-order valence-corrected chi connectivity index (χ4v) is 5.29. The fourth-order valence-electron chi connectivity index (χ4n) is 3.98. The Morgan fingerprint density at radius 1 is 1.22 bits per heavy atom. The summed E-state index contributed by atoms with van der Waals surface area (Å²) in [7, 11) is 0. The van der Waals surface area contributed by atoms with Gasteiger partial charge in [0.1, 0.15) is 4.83 Å². The highest BCUT2D eigenvalue weighted by Gasteiger charge is 2.43. The summed E-state index contributed by atoms with van der Waals surface area (Å²) in [5, 5.41) is 3.49. The summed E-state index contributed by atoms with van der Waals surface area (Å²) in [6.07, 6.45) is 4.05. The largest absolute Gasteiger partial charge is 0.336 e. The van der Waals surface area contributed by atoms with Gasteiger partial charge < -0.3 is 10.2 Å². The van der Waals surface area contributed by atoms with Gasteiger partial charge in [0.15, 0.2) is 0 Å². The summed E-state index contributed by atoms with van der Waals surface area (Å²) in [6.45, 7) is 6.46. The molecule has 3 aliphatic rings. The van der Waals surface area contributed by atoms with Crippen LogP contribution in [0.25, 0.3) is 10.2 Å². The second-order valence-electron chi connectivity index (χ2n) is 8.46. The van der Waals surface area contributed by atoms with Gasteiger partial charge in [0.05, 0.1) is 17.5 Å². The monoisotopic (exact) mass is 388 g/mol. The number of fused-ring (bicyclic) bond motifs is 1. The number of nitrogens with one attached hydrogen (secondary N) is 1. The van der Waals surface area contributed by atoms with Crippen LogP contribution in [0.1, 0.15) is 43.0 Å². The van der Waals surface area contributed by atoms with E-state index in [1.165, 1.54) is 15.9 Å². The smallest absolute Gasteiger partial charge is 0.332 e. The van der Waals surface area contributed by atoms with Crippen LogP contribution < -0.4 is 16.6 Å². The molecule has 144 valence electrons. The lowest BCUT2D eigenvalue weighted by Gasteiger charge is -2.16. The lowest BCUT2D eigenvalue weighted by Crippen LogP contribution is -2.44. The molecular formula is C19H24N4O3S. The summed E-state index contributed by atoms with van der Waals surface area (Å²) >= 11 is 1.51.